The van der Waals surface area contributed by atoms with Gasteiger partial charge in [0.15, 0.2) is 0 Å². The number of hydrogen-bond acceptors (Lipinski definition) is 1. The van der Waals surface area contributed by atoms with Crippen LogP contribution in [0.1, 0.15) is 10.4 Å². The van der Waals surface area contributed by atoms with Crippen LogP contribution in [0.25, 0.3) is 11.1 Å². The molecule has 13 heavy (non-hydrogen) atoms. The lowest BCUT2D eigenvalue weighted by molar-refractivity contribution is 0.109. The predicted octanol–water partition coefficient (Wildman–Crippen LogP) is 2.86. The highest BCUT2D eigenvalue weighted by atomic mass is 32.1. The normalized spacial score (nSPS) is 10.2. The van der Waals surface area contributed by atoms with Gasteiger partial charge in [0, 0.05) is 5.56 Å². The molecule has 2 heteroatoms. The van der Waals surface area contributed by atoms with Crippen molar-refractivity contribution >= 4 is 17.7 Å². The minimum atomic E-state index is -0.179. The second-order valence-electron chi connectivity index (χ2n) is 2.83. The van der Waals surface area contributed by atoms with Gasteiger partial charge in [-0.15, -0.1) is 12.6 Å². The monoisotopic (exact) mass is 188 g/mol. The van der Waals surface area contributed by atoms with Crippen LogP contribution in [0.4, 0.5) is 0 Å². The van der Waals surface area contributed by atoms with Crippen molar-refractivity contribution in [2.75, 3.05) is 0 Å². The summed E-state index contributed by atoms with van der Waals surface area (Å²) < 4.78 is 0. The van der Waals surface area contributed by atoms with Gasteiger partial charge in [-0.3, -0.25) is 4.79 Å². The molecule has 2 aliphatic carbocycles. The lowest BCUT2D eigenvalue weighted by atomic mass is 10.1. The summed E-state index contributed by atoms with van der Waals surface area (Å²) in [5, 5.41) is -0.179. The Morgan fingerprint density at radius 2 is 1.77 bits per heavy atom. The molecule has 0 radical (unpaired) electrons. The highest BCUT2D eigenvalue weighted by Gasteiger charge is 2.10. The summed E-state index contributed by atoms with van der Waals surface area (Å²) in [4.78, 5) is 11.1. The Morgan fingerprint density at radius 3 is 2.54 bits per heavy atom. The van der Waals surface area contributed by atoms with Crippen LogP contribution >= 0.6 is 12.6 Å². The van der Waals surface area contributed by atoms with Crippen molar-refractivity contribution in [2.24, 2.45) is 0 Å². The van der Waals surface area contributed by atoms with Gasteiger partial charge in [-0.1, -0.05) is 36.4 Å². The van der Waals surface area contributed by atoms with Gasteiger partial charge in [-0.25, -0.2) is 0 Å². The number of thiol groups is 1. The maximum Gasteiger partial charge on any atom is 0.216 e. The molecule has 0 atom stereocenters. The summed E-state index contributed by atoms with van der Waals surface area (Å²) in [5.74, 6) is 0. The standard InChI is InChI=1S/C11H8OS/c12-11(13)10-7-6-8-4-2-1-3-5-9(8)10/h1-7H,(H,12,13). The van der Waals surface area contributed by atoms with E-state index in [1.54, 1.807) is 6.07 Å². The predicted molar refractivity (Wildman–Crippen MR) is 56.4 cm³/mol. The van der Waals surface area contributed by atoms with E-state index < -0.39 is 0 Å². The fraction of sp³-hybridized carbons (Fsp3) is 0. The molecule has 0 aromatic heterocycles. The second kappa shape index (κ2) is 3.23. The van der Waals surface area contributed by atoms with Crippen molar-refractivity contribution in [3.8, 4) is 11.1 Å². The third-order valence-electron chi connectivity index (χ3n) is 2.02. The van der Waals surface area contributed by atoms with Gasteiger partial charge in [0.25, 0.3) is 0 Å². The van der Waals surface area contributed by atoms with E-state index in [4.69, 9.17) is 0 Å². The topological polar surface area (TPSA) is 17.1 Å². The van der Waals surface area contributed by atoms with Crippen molar-refractivity contribution < 1.29 is 4.79 Å². The Morgan fingerprint density at radius 1 is 1.00 bits per heavy atom. The number of hydrogen-bond donors (Lipinski definition) is 1. The first-order valence-electron chi connectivity index (χ1n) is 4.00. The molecule has 0 spiro atoms. The van der Waals surface area contributed by atoms with Gasteiger partial charge in [0.1, 0.15) is 0 Å². The van der Waals surface area contributed by atoms with E-state index in [0.717, 1.165) is 11.1 Å². The average molecular weight is 188 g/mol. The van der Waals surface area contributed by atoms with Gasteiger partial charge in [-0.2, -0.15) is 0 Å². The zero-order chi connectivity index (χ0) is 9.26. The van der Waals surface area contributed by atoms with Gasteiger partial charge < -0.3 is 0 Å². The summed E-state index contributed by atoms with van der Waals surface area (Å²) in [6.07, 6.45) is 0. The maximum atomic E-state index is 11.1. The van der Waals surface area contributed by atoms with E-state index >= 15 is 0 Å². The van der Waals surface area contributed by atoms with Crippen LogP contribution in [0.3, 0.4) is 0 Å². The average Bonchev–Trinajstić information content (AvgIpc) is 2.36. The van der Waals surface area contributed by atoms with Gasteiger partial charge in [0.05, 0.1) is 0 Å². The minimum Gasteiger partial charge on any atom is -0.282 e. The van der Waals surface area contributed by atoms with Crippen LogP contribution in [-0.2, 0) is 0 Å². The third-order valence-corrected chi connectivity index (χ3v) is 2.26. The molecule has 0 heterocycles. The Labute approximate surface area is 82.1 Å². The highest BCUT2D eigenvalue weighted by molar-refractivity contribution is 7.97. The largest absolute Gasteiger partial charge is 0.282 e. The first kappa shape index (κ1) is 8.32. The SMILES string of the molecule is O=C(S)c1ccc2cccccc1-2. The van der Waals surface area contributed by atoms with E-state index in [1.165, 1.54) is 0 Å². The van der Waals surface area contributed by atoms with Crippen molar-refractivity contribution in [2.45, 2.75) is 0 Å². The fourth-order valence-electron chi connectivity index (χ4n) is 1.40. The summed E-state index contributed by atoms with van der Waals surface area (Å²) in [7, 11) is 0. The van der Waals surface area contributed by atoms with Crippen LogP contribution in [0.15, 0.2) is 42.5 Å². The Kier molecular flexibility index (Phi) is 2.07. The zero-order valence-electron chi connectivity index (χ0n) is 6.90. The zero-order valence-corrected chi connectivity index (χ0v) is 7.79. The van der Waals surface area contributed by atoms with E-state index in [1.807, 2.05) is 36.4 Å². The van der Waals surface area contributed by atoms with E-state index in [0.29, 0.717) is 5.56 Å². The van der Waals surface area contributed by atoms with Crippen LogP contribution < -0.4 is 0 Å². The molecule has 64 valence electrons. The Hall–Kier alpha value is -1.28. The summed E-state index contributed by atoms with van der Waals surface area (Å²) in [6.45, 7) is 0. The lowest BCUT2D eigenvalue weighted by Crippen LogP contribution is -1.86. The minimum absolute atomic E-state index is 0.179. The lowest BCUT2D eigenvalue weighted by Gasteiger charge is -1.94. The maximum absolute atomic E-state index is 11.1. The molecule has 0 aromatic carbocycles. The van der Waals surface area contributed by atoms with Crippen molar-refractivity contribution in [3.05, 3.63) is 48.0 Å². The number of carbonyl (C=O) groups excluding carboxylic acids is 1. The number of rotatable bonds is 1. The van der Waals surface area contributed by atoms with E-state index in [-0.39, 0.29) is 5.12 Å². The summed E-state index contributed by atoms with van der Waals surface area (Å²) in [5.41, 5.74) is 2.71. The molecule has 2 aliphatic rings. The highest BCUT2D eigenvalue weighted by Crippen LogP contribution is 2.27. The molecule has 0 N–H and O–H groups in total. The quantitative estimate of drug-likeness (QED) is 0.681. The van der Waals surface area contributed by atoms with Crippen LogP contribution in [0, 0.1) is 0 Å². The van der Waals surface area contributed by atoms with Crippen LogP contribution in [-0.4, -0.2) is 5.12 Å². The molecule has 0 amide bonds. The number of fused-ring (bicyclic) bond motifs is 1. The molecule has 1 nitrogen and oxygen atoms in total. The van der Waals surface area contributed by atoms with Crippen LogP contribution in [0.5, 0.6) is 0 Å². The molecule has 0 unspecified atom stereocenters. The van der Waals surface area contributed by atoms with Crippen molar-refractivity contribution in [1.82, 2.24) is 0 Å². The molecule has 0 saturated carbocycles. The van der Waals surface area contributed by atoms with Crippen molar-refractivity contribution in [3.63, 3.8) is 0 Å². The number of carbonyl (C=O) groups is 1. The summed E-state index contributed by atoms with van der Waals surface area (Å²) >= 11 is 3.82. The molecular formula is C11H8OS. The molecule has 0 saturated heterocycles. The first-order valence-corrected chi connectivity index (χ1v) is 4.45. The third kappa shape index (κ3) is 1.45. The van der Waals surface area contributed by atoms with E-state index in [2.05, 4.69) is 12.6 Å². The molecule has 0 fully saturated rings. The van der Waals surface area contributed by atoms with Crippen LogP contribution in [0.2, 0.25) is 0 Å². The molecule has 2 rings (SSSR count). The van der Waals surface area contributed by atoms with Gasteiger partial charge >= 0.3 is 0 Å². The summed E-state index contributed by atoms with van der Waals surface area (Å²) in [6, 6.07) is 13.5. The first-order chi connectivity index (χ1) is 6.29. The smallest absolute Gasteiger partial charge is 0.216 e. The van der Waals surface area contributed by atoms with Crippen molar-refractivity contribution in [1.29, 1.82) is 0 Å². The van der Waals surface area contributed by atoms with Gasteiger partial charge in [-0.05, 0) is 17.2 Å². The fourth-order valence-corrected chi connectivity index (χ4v) is 1.60. The molecule has 0 bridgehead atoms. The van der Waals surface area contributed by atoms with Gasteiger partial charge in [0.2, 0.25) is 5.12 Å². The molecule has 0 aromatic rings. The molecule has 0 aliphatic heterocycles. The Bertz CT molecular complexity index is 422. The molecular weight excluding hydrogens is 180 g/mol. The second-order valence-corrected chi connectivity index (χ2v) is 3.24. The Balaban J connectivity index is 2.68. The van der Waals surface area contributed by atoms with E-state index in [9.17, 15) is 4.79 Å².